The van der Waals surface area contributed by atoms with Gasteiger partial charge in [0.1, 0.15) is 0 Å². The molecule has 116 valence electrons. The predicted octanol–water partition coefficient (Wildman–Crippen LogP) is 2.44. The van der Waals surface area contributed by atoms with Crippen molar-refractivity contribution >= 4 is 0 Å². The summed E-state index contributed by atoms with van der Waals surface area (Å²) in [6, 6.07) is 1.49. The summed E-state index contributed by atoms with van der Waals surface area (Å²) in [5, 5.41) is 17.4. The first-order valence-corrected chi connectivity index (χ1v) is 8.98. The monoisotopic (exact) mass is 280 g/mol. The minimum Gasteiger partial charge on any atom is -0.393 e. The molecular formula is C17H32N2O. The van der Waals surface area contributed by atoms with Crippen molar-refractivity contribution in [3.63, 3.8) is 0 Å². The van der Waals surface area contributed by atoms with E-state index in [1.54, 1.807) is 0 Å². The van der Waals surface area contributed by atoms with Crippen molar-refractivity contribution in [2.24, 2.45) is 11.8 Å². The van der Waals surface area contributed by atoms with Gasteiger partial charge in [-0.05, 0) is 69.9 Å². The third-order valence-electron chi connectivity index (χ3n) is 5.86. The second kappa shape index (κ2) is 7.24. The zero-order chi connectivity index (χ0) is 13.8. The van der Waals surface area contributed by atoms with Gasteiger partial charge in [0, 0.05) is 12.1 Å². The molecule has 1 heterocycles. The largest absolute Gasteiger partial charge is 0.393 e. The van der Waals surface area contributed by atoms with Gasteiger partial charge in [0.05, 0.1) is 6.10 Å². The molecule has 20 heavy (non-hydrogen) atoms. The van der Waals surface area contributed by atoms with Crippen LogP contribution in [0.4, 0.5) is 0 Å². The zero-order valence-corrected chi connectivity index (χ0v) is 12.8. The zero-order valence-electron chi connectivity index (χ0n) is 12.8. The third-order valence-corrected chi connectivity index (χ3v) is 5.86. The van der Waals surface area contributed by atoms with Crippen molar-refractivity contribution in [2.45, 2.75) is 82.4 Å². The van der Waals surface area contributed by atoms with Crippen LogP contribution in [0.5, 0.6) is 0 Å². The Balaban J connectivity index is 1.46. The molecule has 3 fully saturated rings. The lowest BCUT2D eigenvalue weighted by molar-refractivity contribution is 0.0984. The molecule has 0 spiro atoms. The molecule has 0 amide bonds. The summed E-state index contributed by atoms with van der Waals surface area (Å²) in [6.07, 6.45) is 12.8. The smallest absolute Gasteiger partial charge is 0.0543 e. The molecule has 2 saturated carbocycles. The second-order valence-electron chi connectivity index (χ2n) is 7.35. The first-order valence-electron chi connectivity index (χ1n) is 8.98. The minimum atomic E-state index is -0.0325. The van der Waals surface area contributed by atoms with E-state index in [1.807, 2.05) is 0 Å². The van der Waals surface area contributed by atoms with Gasteiger partial charge in [-0.15, -0.1) is 0 Å². The fourth-order valence-electron chi connectivity index (χ4n) is 4.73. The number of hydrogen-bond acceptors (Lipinski definition) is 3. The van der Waals surface area contributed by atoms with Crippen LogP contribution < -0.4 is 10.6 Å². The van der Waals surface area contributed by atoms with E-state index in [1.165, 1.54) is 57.9 Å². The molecule has 3 heteroatoms. The maximum atomic E-state index is 9.79. The highest BCUT2D eigenvalue weighted by Crippen LogP contribution is 2.32. The Kier molecular flexibility index (Phi) is 5.36. The SMILES string of the molecule is OC1CCCC(CNC2CCCC2C2CCCCN2)C1. The topological polar surface area (TPSA) is 44.3 Å². The maximum Gasteiger partial charge on any atom is 0.0543 e. The molecule has 1 aliphatic heterocycles. The molecular weight excluding hydrogens is 248 g/mol. The molecule has 5 unspecified atom stereocenters. The molecule has 3 nitrogen and oxygen atoms in total. The van der Waals surface area contributed by atoms with E-state index in [4.69, 9.17) is 0 Å². The van der Waals surface area contributed by atoms with E-state index in [9.17, 15) is 5.11 Å². The summed E-state index contributed by atoms with van der Waals surface area (Å²) in [5.41, 5.74) is 0. The molecule has 0 radical (unpaired) electrons. The number of aliphatic hydroxyl groups is 1. The van der Waals surface area contributed by atoms with Crippen LogP contribution in [0.3, 0.4) is 0 Å². The van der Waals surface area contributed by atoms with Crippen molar-refractivity contribution in [3.05, 3.63) is 0 Å². The van der Waals surface area contributed by atoms with Crippen molar-refractivity contribution < 1.29 is 5.11 Å². The van der Waals surface area contributed by atoms with Gasteiger partial charge in [-0.25, -0.2) is 0 Å². The molecule has 0 aromatic heterocycles. The minimum absolute atomic E-state index is 0.0325. The quantitative estimate of drug-likeness (QED) is 0.741. The van der Waals surface area contributed by atoms with E-state index in [0.717, 1.165) is 37.4 Å². The number of hydrogen-bond donors (Lipinski definition) is 3. The Labute approximate surface area is 123 Å². The summed E-state index contributed by atoms with van der Waals surface area (Å²) in [5.74, 6) is 1.56. The maximum absolute atomic E-state index is 9.79. The lowest BCUT2D eigenvalue weighted by atomic mass is 9.85. The number of nitrogens with one attached hydrogen (secondary N) is 2. The van der Waals surface area contributed by atoms with E-state index < -0.39 is 0 Å². The lowest BCUT2D eigenvalue weighted by Crippen LogP contribution is -2.47. The standard InChI is InChI=1S/C17H32N2O/c20-14-6-3-5-13(11-14)12-19-17-9-4-7-15(17)16-8-1-2-10-18-16/h13-20H,1-12H2. The van der Waals surface area contributed by atoms with Crippen LogP contribution in [0.25, 0.3) is 0 Å². The summed E-state index contributed by atoms with van der Waals surface area (Å²) >= 11 is 0. The van der Waals surface area contributed by atoms with Crippen LogP contribution in [-0.4, -0.2) is 36.4 Å². The highest BCUT2D eigenvalue weighted by atomic mass is 16.3. The van der Waals surface area contributed by atoms with E-state index in [2.05, 4.69) is 10.6 Å². The average Bonchev–Trinajstić information content (AvgIpc) is 2.95. The molecule has 1 saturated heterocycles. The Morgan fingerprint density at radius 3 is 2.65 bits per heavy atom. The van der Waals surface area contributed by atoms with Gasteiger partial charge in [0.25, 0.3) is 0 Å². The van der Waals surface area contributed by atoms with Crippen LogP contribution in [0.2, 0.25) is 0 Å². The Bertz CT molecular complexity index is 291. The van der Waals surface area contributed by atoms with Crippen LogP contribution >= 0.6 is 0 Å². The van der Waals surface area contributed by atoms with Crippen LogP contribution in [0.1, 0.15) is 64.2 Å². The molecule has 3 rings (SSSR count). The summed E-state index contributed by atoms with van der Waals surface area (Å²) in [6.45, 7) is 2.35. The summed E-state index contributed by atoms with van der Waals surface area (Å²) in [7, 11) is 0. The van der Waals surface area contributed by atoms with Crippen LogP contribution in [-0.2, 0) is 0 Å². The van der Waals surface area contributed by atoms with E-state index in [0.29, 0.717) is 5.92 Å². The molecule has 3 aliphatic rings. The number of rotatable bonds is 4. The summed E-state index contributed by atoms with van der Waals surface area (Å²) in [4.78, 5) is 0. The van der Waals surface area contributed by atoms with Crippen LogP contribution in [0, 0.1) is 11.8 Å². The van der Waals surface area contributed by atoms with Crippen molar-refractivity contribution in [2.75, 3.05) is 13.1 Å². The third kappa shape index (κ3) is 3.75. The van der Waals surface area contributed by atoms with Gasteiger partial charge in [-0.3, -0.25) is 0 Å². The van der Waals surface area contributed by atoms with Gasteiger partial charge >= 0.3 is 0 Å². The van der Waals surface area contributed by atoms with Gasteiger partial charge < -0.3 is 15.7 Å². The van der Waals surface area contributed by atoms with E-state index in [-0.39, 0.29) is 6.10 Å². The highest BCUT2D eigenvalue weighted by Gasteiger charge is 2.34. The first kappa shape index (κ1) is 14.8. The molecule has 5 atom stereocenters. The fraction of sp³-hybridized carbons (Fsp3) is 1.00. The normalized spacial score (nSPS) is 42.8. The van der Waals surface area contributed by atoms with Crippen molar-refractivity contribution in [3.8, 4) is 0 Å². The molecule has 3 N–H and O–H groups in total. The Hall–Kier alpha value is -0.120. The van der Waals surface area contributed by atoms with Crippen molar-refractivity contribution in [1.82, 2.24) is 10.6 Å². The number of aliphatic hydroxyl groups excluding tert-OH is 1. The highest BCUT2D eigenvalue weighted by molar-refractivity contribution is 4.92. The van der Waals surface area contributed by atoms with Gasteiger partial charge in [-0.2, -0.15) is 0 Å². The number of piperidine rings is 1. The first-order chi connectivity index (χ1) is 9.83. The summed E-state index contributed by atoms with van der Waals surface area (Å²) < 4.78 is 0. The van der Waals surface area contributed by atoms with Gasteiger partial charge in [-0.1, -0.05) is 19.3 Å². The average molecular weight is 280 g/mol. The Morgan fingerprint density at radius 1 is 0.950 bits per heavy atom. The van der Waals surface area contributed by atoms with Crippen molar-refractivity contribution in [1.29, 1.82) is 0 Å². The van der Waals surface area contributed by atoms with Crippen LogP contribution in [0.15, 0.2) is 0 Å². The molecule has 0 aromatic rings. The lowest BCUT2D eigenvalue weighted by Gasteiger charge is -2.34. The van der Waals surface area contributed by atoms with E-state index >= 15 is 0 Å². The molecule has 2 aliphatic carbocycles. The fourth-order valence-corrected chi connectivity index (χ4v) is 4.73. The molecule has 0 bridgehead atoms. The Morgan fingerprint density at radius 2 is 1.85 bits per heavy atom. The molecule has 0 aromatic carbocycles. The predicted molar refractivity (Wildman–Crippen MR) is 82.7 cm³/mol. The van der Waals surface area contributed by atoms with Gasteiger partial charge in [0.2, 0.25) is 0 Å². The second-order valence-corrected chi connectivity index (χ2v) is 7.35. The van der Waals surface area contributed by atoms with Gasteiger partial charge in [0.15, 0.2) is 0 Å².